The van der Waals surface area contributed by atoms with E-state index >= 15 is 0 Å². The number of hydrogen-bond acceptors (Lipinski definition) is 3. The summed E-state index contributed by atoms with van der Waals surface area (Å²) in [6.45, 7) is 5.20. The number of rotatable bonds is 3. The lowest BCUT2D eigenvalue weighted by Crippen LogP contribution is -2.51. The predicted octanol–water partition coefficient (Wildman–Crippen LogP) is 0.925. The molecule has 0 aliphatic carbocycles. The average molecular weight is 304 g/mol. The van der Waals surface area contributed by atoms with Crippen molar-refractivity contribution in [2.75, 3.05) is 26.2 Å². The minimum absolute atomic E-state index is 0. The van der Waals surface area contributed by atoms with Gasteiger partial charge in [0, 0.05) is 19.6 Å². The highest BCUT2D eigenvalue weighted by Crippen LogP contribution is 2.12. The molecule has 2 rings (SSSR count). The molecular formula is C14H26ClN3O2. The first-order chi connectivity index (χ1) is 9.18. The highest BCUT2D eigenvalue weighted by atomic mass is 35.5. The summed E-state index contributed by atoms with van der Waals surface area (Å²) in [4.78, 5) is 26.2. The topological polar surface area (TPSA) is 61.4 Å². The van der Waals surface area contributed by atoms with Crippen LogP contribution in [0.15, 0.2) is 0 Å². The van der Waals surface area contributed by atoms with Crippen molar-refractivity contribution in [1.82, 2.24) is 15.5 Å². The molecule has 0 spiro atoms. The monoisotopic (exact) mass is 303 g/mol. The maximum atomic E-state index is 12.2. The van der Waals surface area contributed by atoms with Gasteiger partial charge in [-0.2, -0.15) is 0 Å². The first-order valence-corrected chi connectivity index (χ1v) is 7.48. The third kappa shape index (κ3) is 4.63. The molecule has 0 radical (unpaired) electrons. The average Bonchev–Trinajstić information content (AvgIpc) is 2.48. The van der Waals surface area contributed by atoms with Crippen LogP contribution in [0.5, 0.6) is 0 Å². The maximum Gasteiger partial charge on any atom is 0.244 e. The van der Waals surface area contributed by atoms with Crippen LogP contribution in [0, 0.1) is 5.92 Å². The van der Waals surface area contributed by atoms with Gasteiger partial charge in [0.25, 0.3) is 0 Å². The Labute approximate surface area is 127 Å². The van der Waals surface area contributed by atoms with Crippen LogP contribution < -0.4 is 10.6 Å². The first kappa shape index (κ1) is 17.2. The van der Waals surface area contributed by atoms with E-state index in [1.165, 1.54) is 6.42 Å². The lowest BCUT2D eigenvalue weighted by Gasteiger charge is -2.30. The van der Waals surface area contributed by atoms with Crippen LogP contribution in [0.1, 0.15) is 39.0 Å². The zero-order valence-electron chi connectivity index (χ0n) is 12.2. The zero-order chi connectivity index (χ0) is 13.7. The fourth-order valence-electron chi connectivity index (χ4n) is 2.86. The van der Waals surface area contributed by atoms with E-state index in [1.807, 2.05) is 4.90 Å². The van der Waals surface area contributed by atoms with E-state index < -0.39 is 6.04 Å². The van der Waals surface area contributed by atoms with E-state index in [-0.39, 0.29) is 30.1 Å². The Morgan fingerprint density at radius 1 is 1.20 bits per heavy atom. The van der Waals surface area contributed by atoms with Crippen LogP contribution >= 0.6 is 12.4 Å². The molecule has 2 amide bonds. The fourth-order valence-corrected chi connectivity index (χ4v) is 2.86. The molecule has 0 aromatic heterocycles. The number of hydrogen-bond donors (Lipinski definition) is 2. The highest BCUT2D eigenvalue weighted by Gasteiger charge is 2.27. The van der Waals surface area contributed by atoms with Gasteiger partial charge in [-0.15, -0.1) is 12.4 Å². The third-order valence-electron chi connectivity index (χ3n) is 4.06. The van der Waals surface area contributed by atoms with E-state index in [0.717, 1.165) is 51.9 Å². The summed E-state index contributed by atoms with van der Waals surface area (Å²) in [5, 5.41) is 6.10. The minimum atomic E-state index is -0.396. The molecular weight excluding hydrogens is 278 g/mol. The van der Waals surface area contributed by atoms with Gasteiger partial charge in [-0.25, -0.2) is 0 Å². The number of nitrogens with zero attached hydrogens (tertiary/aromatic N) is 1. The van der Waals surface area contributed by atoms with Crippen LogP contribution in [0.2, 0.25) is 0 Å². The normalized spacial score (nSPS) is 24.4. The summed E-state index contributed by atoms with van der Waals surface area (Å²) in [6, 6.07) is -0.396. The van der Waals surface area contributed by atoms with Crippen molar-refractivity contribution in [2.45, 2.75) is 45.1 Å². The summed E-state index contributed by atoms with van der Waals surface area (Å²) in [7, 11) is 0. The number of nitrogens with one attached hydrogen (secondary N) is 2. The molecule has 1 unspecified atom stereocenters. The van der Waals surface area contributed by atoms with Crippen LogP contribution in [-0.4, -0.2) is 48.9 Å². The number of carbonyl (C=O) groups excluding carboxylic acids is 2. The van der Waals surface area contributed by atoms with Crippen molar-refractivity contribution in [2.24, 2.45) is 5.92 Å². The summed E-state index contributed by atoms with van der Waals surface area (Å²) in [5.74, 6) is 0.104. The molecule has 5 nitrogen and oxygen atoms in total. The van der Waals surface area contributed by atoms with Crippen molar-refractivity contribution in [1.29, 1.82) is 0 Å². The molecule has 0 saturated carbocycles. The Morgan fingerprint density at radius 2 is 1.90 bits per heavy atom. The van der Waals surface area contributed by atoms with Crippen molar-refractivity contribution < 1.29 is 9.59 Å². The van der Waals surface area contributed by atoms with Crippen LogP contribution in [0.4, 0.5) is 0 Å². The third-order valence-corrected chi connectivity index (χ3v) is 4.06. The summed E-state index contributed by atoms with van der Waals surface area (Å²) in [5.41, 5.74) is 0. The second kappa shape index (κ2) is 8.47. The van der Waals surface area contributed by atoms with Crippen molar-refractivity contribution in [3.8, 4) is 0 Å². The van der Waals surface area contributed by atoms with Crippen LogP contribution in [0.25, 0.3) is 0 Å². The van der Waals surface area contributed by atoms with Gasteiger partial charge in [0.2, 0.25) is 11.8 Å². The minimum Gasteiger partial charge on any atom is -0.344 e. The molecule has 2 saturated heterocycles. The van der Waals surface area contributed by atoms with Crippen LogP contribution in [0.3, 0.4) is 0 Å². The first-order valence-electron chi connectivity index (χ1n) is 7.48. The number of carbonyl (C=O) groups is 2. The molecule has 6 heteroatoms. The Balaban J connectivity index is 0.00000200. The number of halogens is 1. The van der Waals surface area contributed by atoms with Crippen molar-refractivity contribution in [3.63, 3.8) is 0 Å². The molecule has 20 heavy (non-hydrogen) atoms. The predicted molar refractivity (Wildman–Crippen MR) is 80.9 cm³/mol. The lowest BCUT2D eigenvalue weighted by molar-refractivity contribution is -0.137. The smallest absolute Gasteiger partial charge is 0.244 e. The Kier molecular flexibility index (Phi) is 7.30. The lowest BCUT2D eigenvalue weighted by atomic mass is 9.98. The van der Waals surface area contributed by atoms with E-state index in [9.17, 15) is 9.59 Å². The SMILES string of the molecule is CC(NC(=O)[C@@H]1CCCNC1)C(=O)N1CCCCC1.Cl. The molecule has 116 valence electrons. The van der Waals surface area contributed by atoms with E-state index in [0.29, 0.717) is 0 Å². The van der Waals surface area contributed by atoms with Gasteiger partial charge in [-0.1, -0.05) is 0 Å². The Morgan fingerprint density at radius 3 is 2.50 bits per heavy atom. The largest absolute Gasteiger partial charge is 0.344 e. The van der Waals surface area contributed by atoms with Gasteiger partial charge < -0.3 is 15.5 Å². The molecule has 0 bridgehead atoms. The van der Waals surface area contributed by atoms with Gasteiger partial charge in [0.05, 0.1) is 5.92 Å². The molecule has 2 N–H and O–H groups in total. The Bertz CT molecular complexity index is 326. The van der Waals surface area contributed by atoms with Gasteiger partial charge in [-0.3, -0.25) is 9.59 Å². The van der Waals surface area contributed by atoms with Gasteiger partial charge in [0.15, 0.2) is 0 Å². The van der Waals surface area contributed by atoms with E-state index in [2.05, 4.69) is 10.6 Å². The standard InChI is InChI=1S/C14H25N3O2.ClH/c1-11(14(19)17-8-3-2-4-9-17)16-13(18)12-6-5-7-15-10-12;/h11-12,15H,2-10H2,1H3,(H,16,18);1H/t11?,12-;/m1./s1. The Hall–Kier alpha value is -0.810. The van der Waals surface area contributed by atoms with E-state index in [4.69, 9.17) is 0 Å². The summed E-state index contributed by atoms with van der Waals surface area (Å²) in [6.07, 6.45) is 5.33. The second-order valence-electron chi connectivity index (χ2n) is 5.66. The van der Waals surface area contributed by atoms with Gasteiger partial charge in [-0.05, 0) is 45.6 Å². The summed E-state index contributed by atoms with van der Waals surface area (Å²) >= 11 is 0. The number of amides is 2. The molecule has 2 aliphatic rings. The van der Waals surface area contributed by atoms with E-state index in [1.54, 1.807) is 6.92 Å². The number of piperidine rings is 2. The molecule has 2 heterocycles. The second-order valence-corrected chi connectivity index (χ2v) is 5.66. The fraction of sp³-hybridized carbons (Fsp3) is 0.857. The quantitative estimate of drug-likeness (QED) is 0.815. The van der Waals surface area contributed by atoms with Gasteiger partial charge >= 0.3 is 0 Å². The molecule has 2 fully saturated rings. The van der Waals surface area contributed by atoms with Gasteiger partial charge in [0.1, 0.15) is 6.04 Å². The maximum absolute atomic E-state index is 12.2. The molecule has 2 aliphatic heterocycles. The van der Waals surface area contributed by atoms with Crippen molar-refractivity contribution >= 4 is 24.2 Å². The molecule has 2 atom stereocenters. The highest BCUT2D eigenvalue weighted by molar-refractivity contribution is 5.88. The molecule has 0 aromatic rings. The van der Waals surface area contributed by atoms with Crippen LogP contribution in [-0.2, 0) is 9.59 Å². The summed E-state index contributed by atoms with van der Waals surface area (Å²) < 4.78 is 0. The van der Waals surface area contributed by atoms with Crippen molar-refractivity contribution in [3.05, 3.63) is 0 Å². The zero-order valence-corrected chi connectivity index (χ0v) is 13.0. The molecule has 0 aromatic carbocycles. The number of likely N-dealkylation sites (tertiary alicyclic amines) is 1.